The number of carbonyl (C=O) groups excluding carboxylic acids is 1. The number of nitrogens with zero attached hydrogens (tertiary/aromatic N) is 1. The molecule has 6 heteroatoms. The number of piperidine rings is 1. The topological polar surface area (TPSA) is 61.4 Å². The fraction of sp³-hybridized carbons (Fsp3) is 0.486. The Morgan fingerprint density at radius 2 is 1.47 bits per heavy atom. The fourth-order valence-corrected chi connectivity index (χ4v) is 7.79. The van der Waals surface area contributed by atoms with E-state index in [1.54, 1.807) is 0 Å². The summed E-state index contributed by atoms with van der Waals surface area (Å²) < 4.78 is 1.16. The van der Waals surface area contributed by atoms with Crippen molar-refractivity contribution in [3.63, 3.8) is 0 Å². The number of urea groups is 1. The predicted molar refractivity (Wildman–Crippen MR) is 171 cm³/mol. The van der Waals surface area contributed by atoms with E-state index in [1.807, 2.05) is 67.6 Å². The highest BCUT2D eigenvalue weighted by Gasteiger charge is 2.41. The van der Waals surface area contributed by atoms with Crippen LogP contribution in [0.2, 0.25) is 0 Å². The van der Waals surface area contributed by atoms with Crippen molar-refractivity contribution < 1.29 is 38.4 Å². The van der Waals surface area contributed by atoms with Gasteiger partial charge >= 0.3 is 6.03 Å². The molecule has 3 aromatic carbocycles. The van der Waals surface area contributed by atoms with Gasteiger partial charge in [-0.25, -0.2) is 4.79 Å². The maximum Gasteiger partial charge on any atom is 0.315 e. The summed E-state index contributed by atoms with van der Waals surface area (Å²) in [6, 6.07) is 29.8. The van der Waals surface area contributed by atoms with E-state index in [1.165, 1.54) is 44.5 Å². The molecule has 1 heterocycles. The molecule has 3 N–H and O–H groups in total. The molecule has 1 saturated heterocycles. The normalized spacial score (nSPS) is 26.5. The van der Waals surface area contributed by atoms with Gasteiger partial charge in [0, 0.05) is 11.5 Å². The SMILES string of the molecule is C[C@@H](NC(=O)N[C@H]1CC[C@H](CC[N+]2(C)CCCC(C)(c3ccccc3)C2)CC1)C(O)(c1ccccc1)c1ccccc1.[I-]. The van der Waals surface area contributed by atoms with E-state index in [4.69, 9.17) is 0 Å². The zero-order valence-electron chi connectivity index (χ0n) is 26.1. The molecule has 2 fully saturated rings. The standard InChI is InChI=1S/C37H49N3O2.HI/c1-29(37(42,32-16-9-5-10-17-32)33-18-11-6-12-19-33)38-35(41)39-34-22-20-30(21-23-34)24-27-40(3)26-13-25-36(2,28-40)31-14-7-4-8-15-31;/h4-12,14-19,29-30,34,42H,13,20-28H2,1-3H3,(H-,38,39,41);1H/t29-,30-,34-,36?,40?;/m1./s1. The Labute approximate surface area is 276 Å². The summed E-state index contributed by atoms with van der Waals surface area (Å²) in [4.78, 5) is 13.1. The lowest BCUT2D eigenvalue weighted by atomic mass is 9.74. The van der Waals surface area contributed by atoms with Crippen molar-refractivity contribution in [2.24, 2.45) is 5.92 Å². The van der Waals surface area contributed by atoms with E-state index < -0.39 is 11.6 Å². The first-order chi connectivity index (χ1) is 20.2. The molecule has 0 aromatic heterocycles. The summed E-state index contributed by atoms with van der Waals surface area (Å²) in [7, 11) is 2.46. The van der Waals surface area contributed by atoms with E-state index in [0.29, 0.717) is 0 Å². The highest BCUT2D eigenvalue weighted by molar-refractivity contribution is 5.75. The van der Waals surface area contributed by atoms with Gasteiger partial charge in [0.15, 0.2) is 0 Å². The molecule has 2 aliphatic rings. The first kappa shape index (κ1) is 33.5. The van der Waals surface area contributed by atoms with Crippen LogP contribution >= 0.6 is 0 Å². The Hall–Kier alpha value is -2.42. The Morgan fingerprint density at radius 3 is 2.02 bits per heavy atom. The average molecular weight is 696 g/mol. The first-order valence-electron chi connectivity index (χ1n) is 16.0. The molecule has 5 nitrogen and oxygen atoms in total. The van der Waals surface area contributed by atoms with Crippen LogP contribution in [0.5, 0.6) is 0 Å². The number of benzene rings is 3. The van der Waals surface area contributed by atoms with Crippen LogP contribution < -0.4 is 34.6 Å². The van der Waals surface area contributed by atoms with Gasteiger partial charge in [0.1, 0.15) is 5.60 Å². The summed E-state index contributed by atoms with van der Waals surface area (Å²) in [5.74, 6) is 0.728. The Morgan fingerprint density at radius 1 is 0.930 bits per heavy atom. The second-order valence-electron chi connectivity index (χ2n) is 13.6. The van der Waals surface area contributed by atoms with Gasteiger partial charge in [-0.1, -0.05) is 97.9 Å². The summed E-state index contributed by atoms with van der Waals surface area (Å²) in [5, 5.41) is 18.2. The van der Waals surface area contributed by atoms with Gasteiger partial charge < -0.3 is 44.2 Å². The molecule has 1 aliphatic heterocycles. The quantitative estimate of drug-likeness (QED) is 0.236. The maximum absolute atomic E-state index is 13.1. The van der Waals surface area contributed by atoms with Crippen molar-refractivity contribution in [2.75, 3.05) is 26.7 Å². The largest absolute Gasteiger partial charge is 1.00 e. The number of rotatable bonds is 9. The molecular weight excluding hydrogens is 645 g/mol. The number of amides is 2. The van der Waals surface area contributed by atoms with Crippen molar-refractivity contribution in [3.05, 3.63) is 108 Å². The third-order valence-corrected chi connectivity index (χ3v) is 10.3. The number of likely N-dealkylation sites (tertiary alicyclic amines) is 1. The summed E-state index contributed by atoms with van der Waals surface area (Å²) in [6.07, 6.45) is 8.17. The van der Waals surface area contributed by atoms with Gasteiger partial charge in [-0.2, -0.15) is 0 Å². The van der Waals surface area contributed by atoms with Crippen LogP contribution in [-0.4, -0.2) is 54.4 Å². The molecule has 0 radical (unpaired) electrons. The predicted octanol–water partition coefficient (Wildman–Crippen LogP) is 3.76. The van der Waals surface area contributed by atoms with Gasteiger partial charge in [0.05, 0.1) is 32.7 Å². The number of quaternary nitrogens is 1. The number of aliphatic hydroxyl groups is 1. The minimum Gasteiger partial charge on any atom is -1.00 e. The van der Waals surface area contributed by atoms with Gasteiger partial charge in [0.2, 0.25) is 0 Å². The van der Waals surface area contributed by atoms with Crippen molar-refractivity contribution in [1.82, 2.24) is 10.6 Å². The lowest BCUT2D eigenvalue weighted by molar-refractivity contribution is -0.919. The van der Waals surface area contributed by atoms with E-state index in [2.05, 4.69) is 54.9 Å². The second kappa shape index (κ2) is 14.6. The summed E-state index contributed by atoms with van der Waals surface area (Å²) >= 11 is 0. The zero-order chi connectivity index (χ0) is 29.6. The van der Waals surface area contributed by atoms with Gasteiger partial charge in [0.25, 0.3) is 0 Å². The molecule has 5 rings (SSSR count). The molecule has 1 aliphatic carbocycles. The minimum atomic E-state index is -1.33. The Balaban J connectivity index is 0.00000423. The van der Waals surface area contributed by atoms with Gasteiger partial charge in [-0.3, -0.25) is 0 Å². The summed E-state index contributed by atoms with van der Waals surface area (Å²) in [5.41, 5.74) is 1.94. The molecule has 0 spiro atoms. The van der Waals surface area contributed by atoms with Crippen molar-refractivity contribution in [3.8, 4) is 0 Å². The minimum absolute atomic E-state index is 0. The number of carbonyl (C=O) groups is 1. The molecule has 2 amide bonds. The van der Waals surface area contributed by atoms with E-state index in [0.717, 1.165) is 47.2 Å². The van der Waals surface area contributed by atoms with Crippen LogP contribution in [0.1, 0.15) is 75.5 Å². The van der Waals surface area contributed by atoms with Crippen molar-refractivity contribution >= 4 is 6.03 Å². The van der Waals surface area contributed by atoms with Crippen LogP contribution in [0.25, 0.3) is 0 Å². The van der Waals surface area contributed by atoms with Crippen molar-refractivity contribution in [2.45, 2.75) is 81.9 Å². The first-order valence-corrected chi connectivity index (χ1v) is 16.0. The van der Waals surface area contributed by atoms with E-state index >= 15 is 0 Å². The zero-order valence-corrected chi connectivity index (χ0v) is 28.3. The number of hydrogen-bond donors (Lipinski definition) is 3. The van der Waals surface area contributed by atoms with Crippen LogP contribution in [0.15, 0.2) is 91.0 Å². The number of hydrogen-bond acceptors (Lipinski definition) is 2. The lowest BCUT2D eigenvalue weighted by Crippen LogP contribution is -3.00. The molecule has 232 valence electrons. The summed E-state index contributed by atoms with van der Waals surface area (Å²) in [6.45, 7) is 8.06. The van der Waals surface area contributed by atoms with E-state index in [9.17, 15) is 9.90 Å². The van der Waals surface area contributed by atoms with Crippen LogP contribution in [0, 0.1) is 5.92 Å². The molecule has 2 unspecified atom stereocenters. The molecule has 1 saturated carbocycles. The van der Waals surface area contributed by atoms with Crippen LogP contribution in [0.4, 0.5) is 4.79 Å². The molecular formula is C37H50IN3O2. The molecule has 43 heavy (non-hydrogen) atoms. The Kier molecular flexibility index (Phi) is 11.3. The van der Waals surface area contributed by atoms with Gasteiger partial charge in [-0.15, -0.1) is 0 Å². The van der Waals surface area contributed by atoms with E-state index in [-0.39, 0.29) is 41.5 Å². The fourth-order valence-electron chi connectivity index (χ4n) is 7.79. The average Bonchev–Trinajstić information content (AvgIpc) is 3.01. The molecule has 3 atom stereocenters. The second-order valence-corrected chi connectivity index (χ2v) is 13.6. The van der Waals surface area contributed by atoms with Crippen LogP contribution in [0.3, 0.4) is 0 Å². The third kappa shape index (κ3) is 8.00. The molecule has 0 bridgehead atoms. The highest BCUT2D eigenvalue weighted by Crippen LogP contribution is 2.38. The number of nitrogens with one attached hydrogen (secondary N) is 2. The van der Waals surface area contributed by atoms with Crippen molar-refractivity contribution in [1.29, 1.82) is 0 Å². The lowest BCUT2D eigenvalue weighted by Gasteiger charge is -2.47. The highest BCUT2D eigenvalue weighted by atomic mass is 127. The van der Waals surface area contributed by atoms with Crippen LogP contribution in [-0.2, 0) is 11.0 Å². The number of likely N-dealkylation sites (N-methyl/N-ethyl adjacent to an activating group) is 1. The maximum atomic E-state index is 13.1. The van der Waals surface area contributed by atoms with Gasteiger partial charge in [-0.05, 0) is 74.5 Å². The molecule has 3 aromatic rings. The monoisotopic (exact) mass is 695 g/mol. The third-order valence-electron chi connectivity index (χ3n) is 10.3. The number of halogens is 1. The smallest absolute Gasteiger partial charge is 0.315 e. The Bertz CT molecular complexity index is 1240.